The molecule has 0 bridgehead atoms. The van der Waals surface area contributed by atoms with Crippen LogP contribution in [0.1, 0.15) is 54.3 Å². The number of nitrogens with one attached hydrogen (secondary N) is 3. The Morgan fingerprint density at radius 3 is 2.21 bits per heavy atom. The highest BCUT2D eigenvalue weighted by molar-refractivity contribution is 6.09. The number of carbonyl (C=O) groups is 3. The van der Waals surface area contributed by atoms with Crippen LogP contribution in [-0.2, 0) is 4.74 Å². The molecule has 3 N–H and O–H groups in total. The Bertz CT molecular complexity index is 1030. The average molecular weight is 466 g/mol. The zero-order valence-corrected chi connectivity index (χ0v) is 18.4. The van der Waals surface area contributed by atoms with Gasteiger partial charge in [0.15, 0.2) is 0 Å². The van der Waals surface area contributed by atoms with Crippen LogP contribution in [0.3, 0.4) is 0 Å². The maximum atomic E-state index is 13.9. The van der Waals surface area contributed by atoms with Crippen LogP contribution in [0.2, 0.25) is 0 Å². The lowest BCUT2D eigenvalue weighted by atomic mass is 10.0. The van der Waals surface area contributed by atoms with E-state index in [0.717, 1.165) is 0 Å². The molecule has 0 radical (unpaired) electrons. The van der Waals surface area contributed by atoms with Crippen LogP contribution < -0.4 is 10.6 Å². The van der Waals surface area contributed by atoms with Gasteiger partial charge in [-0.05, 0) is 33.6 Å². The smallest absolute Gasteiger partial charge is 0.410 e. The molecule has 8 nitrogen and oxygen atoms in total. The highest BCUT2D eigenvalue weighted by Crippen LogP contribution is 2.21. The van der Waals surface area contributed by atoms with Crippen LogP contribution in [-0.4, -0.2) is 52.5 Å². The molecule has 3 rings (SSSR count). The number of ether oxygens (including phenoxy) is 1. The van der Waals surface area contributed by atoms with Crippen molar-refractivity contribution in [2.45, 2.75) is 45.3 Å². The van der Waals surface area contributed by atoms with Crippen molar-refractivity contribution in [3.05, 3.63) is 53.1 Å². The number of benzene rings is 1. The minimum Gasteiger partial charge on any atom is -0.444 e. The van der Waals surface area contributed by atoms with Gasteiger partial charge in [0.25, 0.3) is 11.8 Å². The number of anilines is 1. The zero-order chi connectivity index (χ0) is 24.3. The van der Waals surface area contributed by atoms with Crippen molar-refractivity contribution < 1.29 is 32.3 Å². The number of aromatic amines is 1. The fourth-order valence-corrected chi connectivity index (χ4v) is 3.40. The fourth-order valence-electron chi connectivity index (χ4n) is 3.40. The molecule has 33 heavy (non-hydrogen) atoms. The fraction of sp³-hybridized carbons (Fsp3) is 0.409. The van der Waals surface area contributed by atoms with Crippen LogP contribution in [0.25, 0.3) is 0 Å². The first-order valence-electron chi connectivity index (χ1n) is 10.4. The van der Waals surface area contributed by atoms with E-state index in [1.807, 2.05) is 0 Å². The van der Waals surface area contributed by atoms with Gasteiger partial charge in [-0.25, -0.2) is 18.0 Å². The first-order valence-corrected chi connectivity index (χ1v) is 10.4. The Kier molecular flexibility index (Phi) is 6.99. The summed E-state index contributed by atoms with van der Waals surface area (Å²) in [5, 5.41) is 5.09. The Morgan fingerprint density at radius 2 is 1.64 bits per heavy atom. The number of nitrogens with zero attached hydrogens (tertiary/aromatic N) is 1. The second-order valence-corrected chi connectivity index (χ2v) is 8.70. The molecular formula is C22H25F3N4O4. The number of H-pyrrole nitrogens is 1. The SMILES string of the molecule is CC(C)(C)OC(=O)N1CCC(NC(=O)c2c[nH]cc2NC(=O)c2c(F)cc(F)cc2F)CC1. The van der Waals surface area contributed by atoms with E-state index in [1.54, 1.807) is 25.7 Å². The molecule has 0 atom stereocenters. The number of piperidine rings is 1. The van der Waals surface area contributed by atoms with Crippen molar-refractivity contribution in [1.82, 2.24) is 15.2 Å². The number of halogens is 3. The third-order valence-electron chi connectivity index (χ3n) is 4.95. The molecule has 2 aromatic rings. The van der Waals surface area contributed by atoms with E-state index in [2.05, 4.69) is 15.6 Å². The Hall–Kier alpha value is -3.50. The van der Waals surface area contributed by atoms with Crippen LogP contribution >= 0.6 is 0 Å². The minimum atomic E-state index is -1.36. The molecule has 1 aromatic carbocycles. The normalized spacial score (nSPS) is 14.7. The van der Waals surface area contributed by atoms with Crippen molar-refractivity contribution in [2.24, 2.45) is 0 Å². The first-order chi connectivity index (χ1) is 15.4. The number of rotatable bonds is 4. The molecule has 1 fully saturated rings. The standard InChI is InChI=1S/C22H25F3N4O4/c1-22(2,3)33-21(32)29-6-4-13(5-7-29)27-19(30)14-10-26-11-17(14)28-20(31)18-15(24)8-12(23)9-16(18)25/h8-11,13,26H,4-7H2,1-3H3,(H,27,30)(H,28,31). The molecule has 3 amide bonds. The Morgan fingerprint density at radius 1 is 1.03 bits per heavy atom. The summed E-state index contributed by atoms with van der Waals surface area (Å²) < 4.78 is 46.2. The molecule has 2 heterocycles. The van der Waals surface area contributed by atoms with Crippen molar-refractivity contribution in [2.75, 3.05) is 18.4 Å². The van der Waals surface area contributed by atoms with E-state index in [1.165, 1.54) is 12.4 Å². The van der Waals surface area contributed by atoms with E-state index >= 15 is 0 Å². The van der Waals surface area contributed by atoms with E-state index in [0.29, 0.717) is 38.1 Å². The predicted molar refractivity (Wildman–Crippen MR) is 113 cm³/mol. The predicted octanol–water partition coefficient (Wildman–Crippen LogP) is 3.81. The van der Waals surface area contributed by atoms with E-state index < -0.39 is 46.5 Å². The third-order valence-corrected chi connectivity index (χ3v) is 4.95. The molecule has 0 aliphatic carbocycles. The van der Waals surface area contributed by atoms with Gasteiger partial charge in [0, 0.05) is 43.7 Å². The van der Waals surface area contributed by atoms with Crippen molar-refractivity contribution in [3.63, 3.8) is 0 Å². The third kappa shape index (κ3) is 6.05. The maximum Gasteiger partial charge on any atom is 0.410 e. The van der Waals surface area contributed by atoms with E-state index in [9.17, 15) is 27.6 Å². The van der Waals surface area contributed by atoms with Gasteiger partial charge in [-0.2, -0.15) is 0 Å². The van der Waals surface area contributed by atoms with Crippen LogP contribution in [0.5, 0.6) is 0 Å². The van der Waals surface area contributed by atoms with Crippen molar-refractivity contribution in [1.29, 1.82) is 0 Å². The summed E-state index contributed by atoms with van der Waals surface area (Å²) in [7, 11) is 0. The van der Waals surface area contributed by atoms with Gasteiger partial charge in [0.05, 0.1) is 11.3 Å². The van der Waals surface area contributed by atoms with E-state index in [4.69, 9.17) is 4.74 Å². The molecule has 1 aromatic heterocycles. The number of hydrogen-bond donors (Lipinski definition) is 3. The topological polar surface area (TPSA) is 104 Å². The molecule has 1 saturated heterocycles. The molecule has 0 unspecified atom stereocenters. The highest BCUT2D eigenvalue weighted by atomic mass is 19.1. The Labute approximate surface area is 188 Å². The zero-order valence-electron chi connectivity index (χ0n) is 18.4. The Balaban J connectivity index is 1.60. The van der Waals surface area contributed by atoms with Gasteiger partial charge in [0.1, 0.15) is 28.6 Å². The molecule has 1 aliphatic rings. The lowest BCUT2D eigenvalue weighted by Gasteiger charge is -2.33. The summed E-state index contributed by atoms with van der Waals surface area (Å²) >= 11 is 0. The molecule has 178 valence electrons. The molecule has 0 saturated carbocycles. The minimum absolute atomic E-state index is 0.00631. The van der Waals surface area contributed by atoms with Gasteiger partial charge in [-0.3, -0.25) is 9.59 Å². The van der Waals surface area contributed by atoms with Crippen LogP contribution in [0, 0.1) is 17.5 Å². The summed E-state index contributed by atoms with van der Waals surface area (Å²) in [6.45, 7) is 6.15. The van der Waals surface area contributed by atoms with Crippen LogP contribution in [0.15, 0.2) is 24.5 Å². The number of likely N-dealkylation sites (tertiary alicyclic amines) is 1. The average Bonchev–Trinajstić information content (AvgIpc) is 3.14. The number of amides is 3. The number of aromatic nitrogens is 1. The van der Waals surface area contributed by atoms with Gasteiger partial charge in [-0.15, -0.1) is 0 Å². The highest BCUT2D eigenvalue weighted by Gasteiger charge is 2.28. The quantitative estimate of drug-likeness (QED) is 0.638. The number of hydrogen-bond acceptors (Lipinski definition) is 4. The molecule has 1 aliphatic heterocycles. The number of carbonyl (C=O) groups excluding carboxylic acids is 3. The second-order valence-electron chi connectivity index (χ2n) is 8.70. The molecule has 11 heteroatoms. The summed E-state index contributed by atoms with van der Waals surface area (Å²) in [6.07, 6.45) is 3.21. The van der Waals surface area contributed by atoms with Gasteiger partial charge < -0.3 is 25.3 Å². The van der Waals surface area contributed by atoms with Gasteiger partial charge in [0.2, 0.25) is 0 Å². The van der Waals surface area contributed by atoms with E-state index in [-0.39, 0.29) is 17.3 Å². The largest absolute Gasteiger partial charge is 0.444 e. The summed E-state index contributed by atoms with van der Waals surface area (Å²) in [4.78, 5) is 41.4. The van der Waals surface area contributed by atoms with Crippen LogP contribution in [0.4, 0.5) is 23.7 Å². The van der Waals surface area contributed by atoms with Crippen molar-refractivity contribution >= 4 is 23.6 Å². The van der Waals surface area contributed by atoms with Gasteiger partial charge in [-0.1, -0.05) is 0 Å². The lowest BCUT2D eigenvalue weighted by molar-refractivity contribution is 0.0199. The van der Waals surface area contributed by atoms with Crippen molar-refractivity contribution in [3.8, 4) is 0 Å². The molecule has 0 spiro atoms. The first kappa shape index (κ1) is 24.1. The summed E-state index contributed by atoms with van der Waals surface area (Å²) in [5.74, 6) is -5.54. The second kappa shape index (κ2) is 9.55. The summed E-state index contributed by atoms with van der Waals surface area (Å²) in [6, 6.07) is 0.570. The lowest BCUT2D eigenvalue weighted by Crippen LogP contribution is -2.47. The molecular weight excluding hydrogens is 441 g/mol. The monoisotopic (exact) mass is 466 g/mol. The van der Waals surface area contributed by atoms with Gasteiger partial charge >= 0.3 is 6.09 Å². The maximum absolute atomic E-state index is 13.9. The summed E-state index contributed by atoms with van der Waals surface area (Å²) in [5.41, 5.74) is -1.50.